The Morgan fingerprint density at radius 3 is 2.59 bits per heavy atom. The second kappa shape index (κ2) is 10.9. The van der Waals surface area contributed by atoms with E-state index in [1.807, 2.05) is 39.0 Å². The van der Waals surface area contributed by atoms with Crippen LogP contribution in [0.3, 0.4) is 0 Å². The van der Waals surface area contributed by atoms with E-state index in [1.165, 1.54) is 12.7 Å². The van der Waals surface area contributed by atoms with E-state index in [1.54, 1.807) is 17.0 Å². The van der Waals surface area contributed by atoms with Crippen LogP contribution in [0.4, 0.5) is 0 Å². The number of phenols is 1. The van der Waals surface area contributed by atoms with Crippen molar-refractivity contribution in [2.75, 3.05) is 13.7 Å². The molecule has 3 amide bonds. The molecule has 3 atom stereocenters. The summed E-state index contributed by atoms with van der Waals surface area (Å²) in [6.07, 6.45) is 3.13. The molecular formula is C29H37N3O5. The number of methoxy groups -OCH3 is 1. The molecule has 0 saturated heterocycles. The van der Waals surface area contributed by atoms with Crippen LogP contribution < -0.4 is 10.6 Å². The Kier molecular flexibility index (Phi) is 7.87. The van der Waals surface area contributed by atoms with Gasteiger partial charge in [0, 0.05) is 20.1 Å². The van der Waals surface area contributed by atoms with Crippen molar-refractivity contribution >= 4 is 17.7 Å². The van der Waals surface area contributed by atoms with Crippen molar-refractivity contribution in [1.82, 2.24) is 15.5 Å². The molecule has 1 heterocycles. The Morgan fingerprint density at radius 2 is 1.86 bits per heavy atom. The fourth-order valence-corrected chi connectivity index (χ4v) is 5.36. The number of fused-ring (bicyclic) bond motifs is 2. The van der Waals surface area contributed by atoms with Gasteiger partial charge in [0.05, 0.1) is 6.04 Å². The predicted octanol–water partition coefficient (Wildman–Crippen LogP) is 3.02. The molecule has 0 spiro atoms. The molecule has 1 aliphatic carbocycles. The zero-order valence-electron chi connectivity index (χ0n) is 22.0. The lowest BCUT2D eigenvalue weighted by molar-refractivity contribution is -0.147. The van der Waals surface area contributed by atoms with Crippen molar-refractivity contribution in [3.05, 3.63) is 64.7 Å². The summed E-state index contributed by atoms with van der Waals surface area (Å²) < 4.78 is 4.95. The van der Waals surface area contributed by atoms with Gasteiger partial charge >= 0.3 is 0 Å². The number of carbonyl (C=O) groups is 3. The highest BCUT2D eigenvalue weighted by Crippen LogP contribution is 2.32. The number of amides is 3. The maximum absolute atomic E-state index is 14.0. The lowest BCUT2D eigenvalue weighted by atomic mass is 9.84. The van der Waals surface area contributed by atoms with Gasteiger partial charge < -0.3 is 25.4 Å². The molecule has 3 N–H and O–H groups in total. The average Bonchev–Trinajstić information content (AvgIpc) is 2.85. The van der Waals surface area contributed by atoms with E-state index in [-0.39, 0.29) is 36.8 Å². The largest absolute Gasteiger partial charge is 0.508 e. The summed E-state index contributed by atoms with van der Waals surface area (Å²) >= 11 is 0. The number of carbonyl (C=O) groups excluding carboxylic acids is 3. The second-order valence-corrected chi connectivity index (χ2v) is 11.1. The summed E-state index contributed by atoms with van der Waals surface area (Å²) in [5.74, 6) is -0.848. The van der Waals surface area contributed by atoms with Gasteiger partial charge in [-0.1, -0.05) is 51.1 Å². The van der Waals surface area contributed by atoms with E-state index in [4.69, 9.17) is 4.74 Å². The molecule has 0 aromatic heterocycles. The van der Waals surface area contributed by atoms with E-state index in [9.17, 15) is 19.5 Å². The van der Waals surface area contributed by atoms with Crippen molar-refractivity contribution in [1.29, 1.82) is 0 Å². The average molecular weight is 508 g/mol. The Hall–Kier alpha value is -3.39. The van der Waals surface area contributed by atoms with Gasteiger partial charge in [-0.2, -0.15) is 0 Å². The van der Waals surface area contributed by atoms with Crippen LogP contribution in [0.2, 0.25) is 0 Å². The summed E-state index contributed by atoms with van der Waals surface area (Å²) in [7, 11) is 1.42. The first-order valence-electron chi connectivity index (χ1n) is 12.9. The zero-order valence-corrected chi connectivity index (χ0v) is 22.0. The first kappa shape index (κ1) is 26.7. The maximum atomic E-state index is 14.0. The van der Waals surface area contributed by atoms with Crippen LogP contribution >= 0.6 is 0 Å². The Bertz CT molecular complexity index is 1170. The molecule has 1 aliphatic heterocycles. The zero-order chi connectivity index (χ0) is 26.7. The highest BCUT2D eigenvalue weighted by atomic mass is 16.5. The number of ether oxygens (including phenoxy) is 1. The molecule has 2 aromatic rings. The number of nitrogens with one attached hydrogen (secondary N) is 2. The summed E-state index contributed by atoms with van der Waals surface area (Å²) in [6, 6.07) is 11.5. The second-order valence-electron chi connectivity index (χ2n) is 11.1. The number of hydrogen-bond acceptors (Lipinski definition) is 5. The van der Waals surface area contributed by atoms with E-state index in [2.05, 4.69) is 22.8 Å². The third-order valence-electron chi connectivity index (χ3n) is 7.29. The molecule has 0 saturated carbocycles. The summed E-state index contributed by atoms with van der Waals surface area (Å²) in [4.78, 5) is 41.8. The third-order valence-corrected chi connectivity index (χ3v) is 7.29. The van der Waals surface area contributed by atoms with Crippen LogP contribution in [-0.4, -0.2) is 53.5 Å². The fourth-order valence-electron chi connectivity index (χ4n) is 5.36. The predicted molar refractivity (Wildman–Crippen MR) is 140 cm³/mol. The monoisotopic (exact) mass is 507 g/mol. The third kappa shape index (κ3) is 5.96. The summed E-state index contributed by atoms with van der Waals surface area (Å²) in [6.45, 7) is 5.62. The van der Waals surface area contributed by atoms with E-state index in [0.717, 1.165) is 36.0 Å². The summed E-state index contributed by atoms with van der Waals surface area (Å²) in [5, 5.41) is 16.1. The quantitative estimate of drug-likeness (QED) is 0.557. The lowest BCUT2D eigenvalue weighted by Crippen LogP contribution is -2.61. The van der Waals surface area contributed by atoms with Crippen LogP contribution in [0, 0.1) is 5.41 Å². The van der Waals surface area contributed by atoms with E-state index in [0.29, 0.717) is 6.42 Å². The van der Waals surface area contributed by atoms with Crippen LogP contribution in [0.25, 0.3) is 0 Å². The molecule has 198 valence electrons. The van der Waals surface area contributed by atoms with E-state index >= 15 is 0 Å². The van der Waals surface area contributed by atoms with Crippen molar-refractivity contribution in [3.8, 4) is 5.75 Å². The molecule has 2 aromatic carbocycles. The number of phenolic OH excluding ortho intramolecular Hbond substituents is 1. The highest BCUT2D eigenvalue weighted by Gasteiger charge is 2.42. The number of hydrogen-bond donors (Lipinski definition) is 3. The molecule has 4 rings (SSSR count). The van der Waals surface area contributed by atoms with Gasteiger partial charge in [-0.15, -0.1) is 0 Å². The maximum Gasteiger partial charge on any atom is 0.246 e. The fraction of sp³-hybridized carbons (Fsp3) is 0.483. The topological polar surface area (TPSA) is 108 Å². The van der Waals surface area contributed by atoms with Crippen LogP contribution in [0.5, 0.6) is 5.75 Å². The normalized spacial score (nSPS) is 19.8. The number of rotatable bonds is 6. The molecule has 0 unspecified atom stereocenters. The molecule has 2 aliphatic rings. The minimum atomic E-state index is -0.861. The SMILES string of the molecule is COCC(=O)N[C@H](C(=O)N1Cc2cc(O)ccc2C[C@H]1C(=O)N[C@@H]1CCCc2ccccc21)C(C)(C)C. The highest BCUT2D eigenvalue weighted by molar-refractivity contribution is 5.93. The number of aromatic hydroxyl groups is 1. The molecule has 8 nitrogen and oxygen atoms in total. The van der Waals surface area contributed by atoms with Crippen LogP contribution in [0.15, 0.2) is 42.5 Å². The van der Waals surface area contributed by atoms with Gasteiger partial charge in [0.2, 0.25) is 17.7 Å². The molecule has 0 radical (unpaired) electrons. The summed E-state index contributed by atoms with van der Waals surface area (Å²) in [5.41, 5.74) is 3.46. The number of nitrogens with zero attached hydrogens (tertiary/aromatic N) is 1. The minimum absolute atomic E-state index is 0.105. The first-order chi connectivity index (χ1) is 17.6. The first-order valence-corrected chi connectivity index (χ1v) is 12.9. The van der Waals surface area contributed by atoms with Gasteiger partial charge in [-0.05, 0) is 59.1 Å². The standard InChI is InChI=1S/C29H37N3O5/c1-29(2,3)26(31-25(34)17-37-4)28(36)32-16-20-14-21(33)13-12-19(20)15-24(32)27(35)30-23-11-7-9-18-8-5-6-10-22(18)23/h5-6,8,10,12-14,23-24,26,33H,7,9,11,15-17H2,1-4H3,(H,30,35)(H,31,34)/t23-,24+,26-/m1/s1. The Morgan fingerprint density at radius 1 is 1.11 bits per heavy atom. The molecule has 0 fully saturated rings. The molecule has 37 heavy (non-hydrogen) atoms. The van der Waals surface area contributed by atoms with Crippen LogP contribution in [-0.2, 0) is 38.5 Å². The molecular weight excluding hydrogens is 470 g/mol. The van der Waals surface area contributed by atoms with Gasteiger partial charge in [0.25, 0.3) is 0 Å². The van der Waals surface area contributed by atoms with Crippen LogP contribution in [0.1, 0.15) is 61.9 Å². The minimum Gasteiger partial charge on any atom is -0.508 e. The van der Waals surface area contributed by atoms with Crippen molar-refractivity contribution < 1.29 is 24.2 Å². The Balaban J connectivity index is 1.65. The van der Waals surface area contributed by atoms with Crippen molar-refractivity contribution in [3.63, 3.8) is 0 Å². The van der Waals surface area contributed by atoms with Gasteiger partial charge in [0.1, 0.15) is 24.4 Å². The molecule has 0 bridgehead atoms. The molecule has 8 heteroatoms. The van der Waals surface area contributed by atoms with E-state index < -0.39 is 23.4 Å². The van der Waals surface area contributed by atoms with Gasteiger partial charge in [-0.25, -0.2) is 0 Å². The number of benzene rings is 2. The van der Waals surface area contributed by atoms with Gasteiger partial charge in [-0.3, -0.25) is 14.4 Å². The Labute approximate surface area is 218 Å². The van der Waals surface area contributed by atoms with Crippen molar-refractivity contribution in [2.45, 2.75) is 71.1 Å². The van der Waals surface area contributed by atoms with Crippen molar-refractivity contribution in [2.24, 2.45) is 5.41 Å². The number of aryl methyl sites for hydroxylation is 1. The van der Waals surface area contributed by atoms with Gasteiger partial charge in [0.15, 0.2) is 0 Å². The lowest BCUT2D eigenvalue weighted by Gasteiger charge is -2.41. The smallest absolute Gasteiger partial charge is 0.246 e.